The molecular formula is C19H25N5O2. The van der Waals surface area contributed by atoms with Crippen molar-refractivity contribution in [1.82, 2.24) is 9.97 Å². The molecule has 0 bridgehead atoms. The van der Waals surface area contributed by atoms with Crippen LogP contribution in [0.15, 0.2) is 36.7 Å². The van der Waals surface area contributed by atoms with Gasteiger partial charge in [0.25, 0.3) is 5.91 Å². The fourth-order valence-electron chi connectivity index (χ4n) is 2.78. The van der Waals surface area contributed by atoms with Gasteiger partial charge < -0.3 is 20.3 Å². The normalized spacial score (nSPS) is 14.8. The molecule has 1 amide bonds. The number of para-hydroxylation sites is 2. The van der Waals surface area contributed by atoms with Crippen LogP contribution in [0.4, 0.5) is 17.2 Å². The van der Waals surface area contributed by atoms with Gasteiger partial charge in [0.1, 0.15) is 17.8 Å². The van der Waals surface area contributed by atoms with Crippen molar-refractivity contribution in [3.05, 3.63) is 42.4 Å². The first-order chi connectivity index (χ1) is 12.4. The zero-order chi connectivity index (χ0) is 18.6. The third kappa shape index (κ3) is 4.70. The summed E-state index contributed by atoms with van der Waals surface area (Å²) in [5.74, 6) is 0.365. The highest BCUT2D eigenvalue weighted by molar-refractivity contribution is 6.05. The second-order valence-corrected chi connectivity index (χ2v) is 7.23. The van der Waals surface area contributed by atoms with E-state index in [1.165, 1.54) is 6.33 Å². The molecule has 138 valence electrons. The number of nitrogens with one attached hydrogen (secondary N) is 2. The molecule has 2 N–H and O–H groups in total. The van der Waals surface area contributed by atoms with Crippen LogP contribution >= 0.6 is 0 Å². The van der Waals surface area contributed by atoms with E-state index in [2.05, 4.69) is 25.5 Å². The maximum atomic E-state index is 12.7. The Morgan fingerprint density at radius 3 is 2.62 bits per heavy atom. The lowest BCUT2D eigenvalue weighted by atomic mass is 10.1. The molecule has 0 aliphatic carbocycles. The summed E-state index contributed by atoms with van der Waals surface area (Å²) in [5.41, 5.74) is 1.93. The third-order valence-electron chi connectivity index (χ3n) is 3.91. The largest absolute Gasteiger partial charge is 0.378 e. The number of carbonyl (C=O) groups excluding carboxylic acids is 1. The SMILES string of the molecule is CC(C)(C)Nc1cc(C(=O)Nc2ccccc2N2CCOCC2)ncn1. The highest BCUT2D eigenvalue weighted by Gasteiger charge is 2.18. The molecule has 0 atom stereocenters. The number of hydrogen-bond donors (Lipinski definition) is 2. The minimum Gasteiger partial charge on any atom is -0.378 e. The minimum absolute atomic E-state index is 0.148. The van der Waals surface area contributed by atoms with Crippen molar-refractivity contribution >= 4 is 23.1 Å². The van der Waals surface area contributed by atoms with Gasteiger partial charge in [-0.3, -0.25) is 4.79 Å². The van der Waals surface area contributed by atoms with Crippen LogP contribution in [0, 0.1) is 0 Å². The summed E-state index contributed by atoms with van der Waals surface area (Å²) in [6.07, 6.45) is 1.40. The number of morpholine rings is 1. The summed E-state index contributed by atoms with van der Waals surface area (Å²) in [6, 6.07) is 9.45. The van der Waals surface area contributed by atoms with Crippen LogP contribution in [-0.2, 0) is 4.74 Å². The topological polar surface area (TPSA) is 79.4 Å². The van der Waals surface area contributed by atoms with E-state index in [1.54, 1.807) is 6.07 Å². The van der Waals surface area contributed by atoms with E-state index in [4.69, 9.17) is 4.74 Å². The smallest absolute Gasteiger partial charge is 0.274 e. The van der Waals surface area contributed by atoms with Gasteiger partial charge in [-0.15, -0.1) is 0 Å². The second-order valence-electron chi connectivity index (χ2n) is 7.23. The minimum atomic E-state index is -0.259. The quantitative estimate of drug-likeness (QED) is 0.878. The number of hydrogen-bond acceptors (Lipinski definition) is 6. The number of aromatic nitrogens is 2. The highest BCUT2D eigenvalue weighted by atomic mass is 16.5. The number of amides is 1. The molecule has 2 aromatic rings. The average Bonchev–Trinajstić information content (AvgIpc) is 2.62. The number of nitrogens with zero attached hydrogens (tertiary/aromatic N) is 3. The molecule has 3 rings (SSSR count). The summed E-state index contributed by atoms with van der Waals surface area (Å²) in [4.78, 5) is 23.2. The van der Waals surface area contributed by atoms with Gasteiger partial charge in [-0.25, -0.2) is 9.97 Å². The highest BCUT2D eigenvalue weighted by Crippen LogP contribution is 2.26. The summed E-state index contributed by atoms with van der Waals surface area (Å²) >= 11 is 0. The molecule has 1 aromatic heterocycles. The van der Waals surface area contributed by atoms with Crippen LogP contribution in [-0.4, -0.2) is 47.7 Å². The molecule has 0 saturated carbocycles. The van der Waals surface area contributed by atoms with Gasteiger partial charge in [-0.1, -0.05) is 12.1 Å². The van der Waals surface area contributed by atoms with Crippen LogP contribution in [0.2, 0.25) is 0 Å². The van der Waals surface area contributed by atoms with Crippen molar-refractivity contribution in [2.75, 3.05) is 41.8 Å². The van der Waals surface area contributed by atoms with Gasteiger partial charge in [0, 0.05) is 24.7 Å². The summed E-state index contributed by atoms with van der Waals surface area (Å²) in [6.45, 7) is 9.10. The molecule has 2 heterocycles. The summed E-state index contributed by atoms with van der Waals surface area (Å²) in [5, 5.41) is 6.22. The second kappa shape index (κ2) is 7.70. The van der Waals surface area contributed by atoms with Crippen molar-refractivity contribution in [3.63, 3.8) is 0 Å². The molecule has 1 aliphatic rings. The molecule has 0 unspecified atom stereocenters. The molecule has 1 aliphatic heterocycles. The zero-order valence-corrected chi connectivity index (χ0v) is 15.5. The van der Waals surface area contributed by atoms with Crippen molar-refractivity contribution in [2.24, 2.45) is 0 Å². The van der Waals surface area contributed by atoms with Gasteiger partial charge in [0.05, 0.1) is 24.6 Å². The van der Waals surface area contributed by atoms with E-state index in [9.17, 15) is 4.79 Å². The predicted molar refractivity (Wildman–Crippen MR) is 103 cm³/mol. The fourth-order valence-corrected chi connectivity index (χ4v) is 2.78. The van der Waals surface area contributed by atoms with Crippen LogP contribution in [0.1, 0.15) is 31.3 Å². The Morgan fingerprint density at radius 1 is 1.15 bits per heavy atom. The van der Waals surface area contributed by atoms with Gasteiger partial charge in [0.15, 0.2) is 0 Å². The molecule has 1 fully saturated rings. The maximum absolute atomic E-state index is 12.7. The van der Waals surface area contributed by atoms with E-state index in [0.29, 0.717) is 24.7 Å². The fraction of sp³-hybridized carbons (Fsp3) is 0.421. The molecule has 7 nitrogen and oxygen atoms in total. The Morgan fingerprint density at radius 2 is 1.88 bits per heavy atom. The van der Waals surface area contributed by atoms with E-state index in [-0.39, 0.29) is 11.4 Å². The van der Waals surface area contributed by atoms with E-state index < -0.39 is 0 Å². The summed E-state index contributed by atoms with van der Waals surface area (Å²) < 4.78 is 5.41. The number of anilines is 3. The molecule has 0 spiro atoms. The monoisotopic (exact) mass is 355 g/mol. The van der Waals surface area contributed by atoms with E-state index in [0.717, 1.165) is 24.5 Å². The van der Waals surface area contributed by atoms with Crippen molar-refractivity contribution in [2.45, 2.75) is 26.3 Å². The van der Waals surface area contributed by atoms with Crippen molar-refractivity contribution in [1.29, 1.82) is 0 Å². The number of ether oxygens (including phenoxy) is 1. The Hall–Kier alpha value is -2.67. The van der Waals surface area contributed by atoms with Gasteiger partial charge in [-0.05, 0) is 32.9 Å². The average molecular weight is 355 g/mol. The molecule has 1 aromatic carbocycles. The van der Waals surface area contributed by atoms with Crippen LogP contribution in [0.25, 0.3) is 0 Å². The molecule has 26 heavy (non-hydrogen) atoms. The number of carbonyl (C=O) groups is 1. The molecule has 7 heteroatoms. The summed E-state index contributed by atoms with van der Waals surface area (Å²) in [7, 11) is 0. The Kier molecular flexibility index (Phi) is 5.37. The maximum Gasteiger partial charge on any atom is 0.274 e. The van der Waals surface area contributed by atoms with Crippen molar-refractivity contribution < 1.29 is 9.53 Å². The van der Waals surface area contributed by atoms with E-state index in [1.807, 2.05) is 45.0 Å². The Labute approximate surface area is 153 Å². The number of rotatable bonds is 4. The first-order valence-corrected chi connectivity index (χ1v) is 8.76. The first-order valence-electron chi connectivity index (χ1n) is 8.76. The predicted octanol–water partition coefficient (Wildman–Crippen LogP) is 2.78. The lowest BCUT2D eigenvalue weighted by Gasteiger charge is -2.30. The third-order valence-corrected chi connectivity index (χ3v) is 3.91. The molecule has 0 radical (unpaired) electrons. The van der Waals surface area contributed by atoms with Gasteiger partial charge >= 0.3 is 0 Å². The van der Waals surface area contributed by atoms with Crippen molar-refractivity contribution in [3.8, 4) is 0 Å². The molecular weight excluding hydrogens is 330 g/mol. The lowest BCUT2D eigenvalue weighted by molar-refractivity contribution is 0.102. The first kappa shape index (κ1) is 18.1. The van der Waals surface area contributed by atoms with Crippen LogP contribution < -0.4 is 15.5 Å². The van der Waals surface area contributed by atoms with Gasteiger partial charge in [0.2, 0.25) is 0 Å². The van der Waals surface area contributed by atoms with Crippen LogP contribution in [0.3, 0.4) is 0 Å². The van der Waals surface area contributed by atoms with Crippen LogP contribution in [0.5, 0.6) is 0 Å². The van der Waals surface area contributed by atoms with Gasteiger partial charge in [-0.2, -0.15) is 0 Å². The standard InChI is InChI=1S/C19H25N5O2/c1-19(2,3)23-17-12-15(20-13-21-17)18(25)22-14-6-4-5-7-16(14)24-8-10-26-11-9-24/h4-7,12-13H,8-11H2,1-3H3,(H,22,25)(H,20,21,23). The Bertz CT molecular complexity index is 767. The Balaban J connectivity index is 1.77. The molecule has 1 saturated heterocycles. The zero-order valence-electron chi connectivity index (χ0n) is 15.5. The van der Waals surface area contributed by atoms with E-state index >= 15 is 0 Å². The number of benzene rings is 1. The lowest BCUT2D eigenvalue weighted by Crippen LogP contribution is -2.36.